The molecule has 3 heterocycles. The molecule has 4 aromatic rings. The molecular formula is C31H37N5O3S. The molecule has 210 valence electrons. The minimum absolute atomic E-state index is 0.645. The number of aryl methyl sites for hydroxylation is 2. The lowest BCUT2D eigenvalue weighted by Crippen LogP contribution is -2.46. The van der Waals surface area contributed by atoms with Crippen LogP contribution in [0.4, 0.5) is 5.95 Å². The molecule has 2 aromatic heterocycles. The van der Waals surface area contributed by atoms with Crippen molar-refractivity contribution in [2.45, 2.75) is 53.2 Å². The molecule has 0 bridgehead atoms. The highest BCUT2D eigenvalue weighted by atomic mass is 32.1. The second-order valence-electron chi connectivity index (χ2n) is 11.3. The molecule has 1 N–H and O–H groups in total. The predicted octanol–water partition coefficient (Wildman–Crippen LogP) is 6.12. The Morgan fingerprint density at radius 3 is 2.40 bits per heavy atom. The molecule has 1 fully saturated rings. The molecule has 0 amide bonds. The fourth-order valence-corrected chi connectivity index (χ4v) is 6.23. The van der Waals surface area contributed by atoms with E-state index in [1.165, 1.54) is 11.3 Å². The molecule has 5 rings (SSSR count). The molecular weight excluding hydrogens is 522 g/mol. The van der Waals surface area contributed by atoms with Crippen molar-refractivity contribution in [3.05, 3.63) is 59.3 Å². The molecule has 8 nitrogen and oxygen atoms in total. The first-order chi connectivity index (χ1) is 19.0. The zero-order valence-corrected chi connectivity index (χ0v) is 24.9. The van der Waals surface area contributed by atoms with E-state index in [-0.39, 0.29) is 0 Å². The number of likely N-dealkylation sites (N-methyl/N-ethyl adjacent to an activating group) is 1. The largest absolute Gasteiger partial charge is 0.479 e. The fourth-order valence-electron chi connectivity index (χ4n) is 5.14. The Morgan fingerprint density at radius 2 is 1.77 bits per heavy atom. The highest BCUT2D eigenvalue weighted by Gasteiger charge is 2.32. The van der Waals surface area contributed by atoms with Crippen LogP contribution in [0.15, 0.2) is 42.6 Å². The second-order valence-corrected chi connectivity index (χ2v) is 12.3. The number of aromatic nitrogens is 3. The number of fused-ring (bicyclic) bond motifs is 1. The van der Waals surface area contributed by atoms with Crippen molar-refractivity contribution in [1.29, 1.82) is 0 Å². The number of benzene rings is 2. The van der Waals surface area contributed by atoms with Gasteiger partial charge in [0.1, 0.15) is 10.7 Å². The SMILES string of the molecule is CCN1CCN(c2nccc(-c3nc4cc(C)c([C@H](OC(C)(C)C)C(=O)O)c(-c5ccc(C)cc5)c4s3)n2)CC1. The molecule has 40 heavy (non-hydrogen) atoms. The van der Waals surface area contributed by atoms with Crippen LogP contribution in [0.3, 0.4) is 0 Å². The Kier molecular flexibility index (Phi) is 7.90. The van der Waals surface area contributed by atoms with Gasteiger partial charge < -0.3 is 19.6 Å². The Labute approximate surface area is 239 Å². The molecule has 1 atom stereocenters. The third-order valence-electron chi connectivity index (χ3n) is 7.19. The maximum absolute atomic E-state index is 12.6. The zero-order valence-electron chi connectivity index (χ0n) is 24.1. The normalized spacial score (nSPS) is 15.5. The van der Waals surface area contributed by atoms with Crippen molar-refractivity contribution in [3.63, 3.8) is 0 Å². The lowest BCUT2D eigenvalue weighted by atomic mass is 9.91. The lowest BCUT2D eigenvalue weighted by Gasteiger charge is -2.34. The third kappa shape index (κ3) is 5.87. The van der Waals surface area contributed by atoms with Crippen LogP contribution in [0.1, 0.15) is 50.5 Å². The van der Waals surface area contributed by atoms with Crippen LogP contribution in [0.25, 0.3) is 32.0 Å². The van der Waals surface area contributed by atoms with Gasteiger partial charge in [-0.3, -0.25) is 0 Å². The van der Waals surface area contributed by atoms with Crippen LogP contribution >= 0.6 is 11.3 Å². The Hall–Kier alpha value is -3.40. The molecule has 1 aliphatic rings. The van der Waals surface area contributed by atoms with Crippen LogP contribution in [0, 0.1) is 13.8 Å². The third-order valence-corrected chi connectivity index (χ3v) is 8.30. The van der Waals surface area contributed by atoms with E-state index in [9.17, 15) is 9.90 Å². The van der Waals surface area contributed by atoms with Gasteiger partial charge in [0.15, 0.2) is 6.10 Å². The summed E-state index contributed by atoms with van der Waals surface area (Å²) in [5.41, 5.74) is 5.33. The van der Waals surface area contributed by atoms with Crippen LogP contribution in [-0.2, 0) is 9.53 Å². The van der Waals surface area contributed by atoms with Crippen molar-refractivity contribution in [2.75, 3.05) is 37.6 Å². The fraction of sp³-hybridized carbons (Fsp3) is 0.419. The quantitative estimate of drug-likeness (QED) is 0.290. The highest BCUT2D eigenvalue weighted by Crippen LogP contribution is 2.44. The number of hydrogen-bond acceptors (Lipinski definition) is 8. The number of piperazine rings is 1. The number of nitrogens with zero attached hydrogens (tertiary/aromatic N) is 5. The summed E-state index contributed by atoms with van der Waals surface area (Å²) >= 11 is 1.53. The van der Waals surface area contributed by atoms with Crippen molar-refractivity contribution in [3.8, 4) is 21.8 Å². The van der Waals surface area contributed by atoms with Crippen molar-refractivity contribution in [2.24, 2.45) is 0 Å². The van der Waals surface area contributed by atoms with Crippen LogP contribution in [0.5, 0.6) is 0 Å². The summed E-state index contributed by atoms with van der Waals surface area (Å²) in [6.45, 7) is 16.6. The average molecular weight is 560 g/mol. The average Bonchev–Trinajstić information content (AvgIpc) is 3.35. The van der Waals surface area contributed by atoms with Gasteiger partial charge in [-0.15, -0.1) is 11.3 Å². The summed E-state index contributed by atoms with van der Waals surface area (Å²) in [6, 6.07) is 12.0. The summed E-state index contributed by atoms with van der Waals surface area (Å²) in [4.78, 5) is 31.7. The summed E-state index contributed by atoms with van der Waals surface area (Å²) in [7, 11) is 0. The van der Waals surface area contributed by atoms with E-state index in [1.54, 1.807) is 6.20 Å². The number of hydrogen-bond donors (Lipinski definition) is 1. The number of carboxylic acid groups (broad SMARTS) is 1. The zero-order chi connectivity index (χ0) is 28.6. The topological polar surface area (TPSA) is 91.7 Å². The van der Waals surface area contributed by atoms with Crippen LogP contribution in [0.2, 0.25) is 0 Å². The van der Waals surface area contributed by atoms with Crippen molar-refractivity contribution in [1.82, 2.24) is 19.9 Å². The van der Waals surface area contributed by atoms with E-state index >= 15 is 0 Å². The van der Waals surface area contributed by atoms with Gasteiger partial charge in [-0.2, -0.15) is 0 Å². The van der Waals surface area contributed by atoms with Gasteiger partial charge in [-0.05, 0) is 64.4 Å². The van der Waals surface area contributed by atoms with Gasteiger partial charge >= 0.3 is 5.97 Å². The molecule has 1 aliphatic heterocycles. The maximum atomic E-state index is 12.6. The predicted molar refractivity (Wildman–Crippen MR) is 161 cm³/mol. The van der Waals surface area contributed by atoms with Crippen LogP contribution < -0.4 is 4.90 Å². The molecule has 0 aliphatic carbocycles. The smallest absolute Gasteiger partial charge is 0.337 e. The number of carboxylic acids is 1. The first-order valence-electron chi connectivity index (χ1n) is 13.8. The van der Waals surface area contributed by atoms with Crippen molar-refractivity contribution < 1.29 is 14.6 Å². The minimum atomic E-state index is -1.13. The van der Waals surface area contributed by atoms with Crippen LogP contribution in [-0.4, -0.2) is 69.3 Å². The summed E-state index contributed by atoms with van der Waals surface area (Å²) in [5.74, 6) is -0.299. The number of thiazole rings is 1. The van der Waals surface area contributed by atoms with Crippen molar-refractivity contribution >= 4 is 33.5 Å². The Balaban J connectivity index is 1.64. The molecule has 9 heteroatoms. The lowest BCUT2D eigenvalue weighted by molar-refractivity contribution is -0.160. The first kappa shape index (κ1) is 28.1. The van der Waals surface area contributed by atoms with E-state index in [4.69, 9.17) is 14.7 Å². The van der Waals surface area contributed by atoms with Gasteiger partial charge in [0, 0.05) is 43.5 Å². The molecule has 0 spiro atoms. The van der Waals surface area contributed by atoms with Gasteiger partial charge in [0.05, 0.1) is 15.8 Å². The second kappa shape index (κ2) is 11.2. The number of aliphatic carboxylic acids is 1. The monoisotopic (exact) mass is 559 g/mol. The number of ether oxygens (including phenoxy) is 1. The van der Waals surface area contributed by atoms with Gasteiger partial charge in [0.25, 0.3) is 0 Å². The van der Waals surface area contributed by atoms with E-state index in [0.29, 0.717) is 11.5 Å². The Morgan fingerprint density at radius 1 is 1.07 bits per heavy atom. The molecule has 0 saturated carbocycles. The standard InChI is InChI=1S/C31H37N5O3S/c1-7-35-14-16-36(17-15-35)30-32-13-12-22(34-30)28-33-23-18-20(3)24(26(29(37)38)39-31(4,5)6)25(27(23)40-28)21-10-8-19(2)9-11-21/h8-13,18,26H,7,14-17H2,1-6H3,(H,37,38)/t26-/m0/s1. The minimum Gasteiger partial charge on any atom is -0.479 e. The van der Waals surface area contributed by atoms with Gasteiger partial charge in [-0.1, -0.05) is 36.8 Å². The van der Waals surface area contributed by atoms with E-state index in [0.717, 1.165) is 75.9 Å². The number of carbonyl (C=O) groups is 1. The number of rotatable bonds is 7. The van der Waals surface area contributed by atoms with Gasteiger partial charge in [-0.25, -0.2) is 19.7 Å². The van der Waals surface area contributed by atoms with E-state index < -0.39 is 17.7 Å². The first-order valence-corrected chi connectivity index (χ1v) is 14.6. The summed E-state index contributed by atoms with van der Waals surface area (Å²) < 4.78 is 7.06. The van der Waals surface area contributed by atoms with E-state index in [1.807, 2.05) is 71.0 Å². The maximum Gasteiger partial charge on any atom is 0.337 e. The summed E-state index contributed by atoms with van der Waals surface area (Å²) in [5, 5.41) is 11.1. The molecule has 1 saturated heterocycles. The number of anilines is 1. The molecule has 0 radical (unpaired) electrons. The molecule has 0 unspecified atom stereocenters. The highest BCUT2D eigenvalue weighted by molar-refractivity contribution is 7.22. The Bertz CT molecular complexity index is 1520. The van der Waals surface area contributed by atoms with Gasteiger partial charge in [0.2, 0.25) is 5.95 Å². The van der Waals surface area contributed by atoms with E-state index in [2.05, 4.69) is 21.7 Å². The summed E-state index contributed by atoms with van der Waals surface area (Å²) in [6.07, 6.45) is 0.671. The molecule has 2 aromatic carbocycles.